The summed E-state index contributed by atoms with van der Waals surface area (Å²) in [6.45, 7) is 5.62. The van der Waals surface area contributed by atoms with Crippen LogP contribution in [0.5, 0.6) is 5.75 Å². The first-order chi connectivity index (χ1) is 10.0. The summed E-state index contributed by atoms with van der Waals surface area (Å²) in [6.07, 6.45) is 1.61. The number of hydrogen-bond acceptors (Lipinski definition) is 4. The molecule has 0 fully saturated rings. The zero-order valence-electron chi connectivity index (χ0n) is 13.3. The molecule has 1 rings (SSSR count). The van der Waals surface area contributed by atoms with E-state index in [1.165, 1.54) is 0 Å². The van der Waals surface area contributed by atoms with Gasteiger partial charge >= 0.3 is 0 Å². The first-order valence-corrected chi connectivity index (χ1v) is 8.76. The highest BCUT2D eigenvalue weighted by Crippen LogP contribution is 2.24. The van der Waals surface area contributed by atoms with Gasteiger partial charge in [0.15, 0.2) is 0 Å². The van der Waals surface area contributed by atoms with Crippen LogP contribution in [0.15, 0.2) is 23.1 Å². The second-order valence-electron chi connectivity index (χ2n) is 4.91. The SMILES string of the molecule is CCCN(CCC)S(=O)(=O)c1ccc(OC)c(CNC)c1. The lowest BCUT2D eigenvalue weighted by atomic mass is 10.2. The maximum atomic E-state index is 12.7. The molecule has 0 heterocycles. The fourth-order valence-electron chi connectivity index (χ4n) is 2.24. The first-order valence-electron chi connectivity index (χ1n) is 7.32. The number of ether oxygens (including phenoxy) is 1. The second-order valence-corrected chi connectivity index (χ2v) is 6.85. The Hall–Kier alpha value is -1.11. The van der Waals surface area contributed by atoms with Gasteiger partial charge in [0, 0.05) is 25.2 Å². The molecule has 1 aromatic carbocycles. The highest BCUT2D eigenvalue weighted by atomic mass is 32.2. The highest BCUT2D eigenvalue weighted by molar-refractivity contribution is 7.89. The molecule has 120 valence electrons. The molecule has 21 heavy (non-hydrogen) atoms. The summed E-state index contributed by atoms with van der Waals surface area (Å²) in [5.74, 6) is 0.695. The van der Waals surface area contributed by atoms with Crippen LogP contribution in [-0.2, 0) is 16.6 Å². The molecule has 0 aliphatic heterocycles. The molecule has 0 saturated carbocycles. The summed E-state index contributed by atoms with van der Waals surface area (Å²) in [5.41, 5.74) is 0.842. The third-order valence-corrected chi connectivity index (χ3v) is 5.10. The predicted molar refractivity (Wildman–Crippen MR) is 85.1 cm³/mol. The molecule has 0 radical (unpaired) electrons. The number of rotatable bonds is 9. The van der Waals surface area contributed by atoms with Crippen LogP contribution in [0.2, 0.25) is 0 Å². The van der Waals surface area contributed by atoms with Crippen molar-refractivity contribution >= 4 is 10.0 Å². The molecular formula is C15H26N2O3S. The zero-order valence-corrected chi connectivity index (χ0v) is 14.2. The summed E-state index contributed by atoms with van der Waals surface area (Å²) < 4.78 is 32.3. The largest absolute Gasteiger partial charge is 0.496 e. The van der Waals surface area contributed by atoms with E-state index in [-0.39, 0.29) is 0 Å². The number of hydrogen-bond donors (Lipinski definition) is 1. The van der Waals surface area contributed by atoms with E-state index in [0.29, 0.717) is 30.3 Å². The Bertz CT molecular complexity index is 538. The monoisotopic (exact) mass is 314 g/mol. The molecule has 0 unspecified atom stereocenters. The maximum absolute atomic E-state index is 12.7. The maximum Gasteiger partial charge on any atom is 0.243 e. The lowest BCUT2D eigenvalue weighted by Crippen LogP contribution is -2.32. The molecule has 0 saturated heterocycles. The van der Waals surface area contributed by atoms with E-state index in [1.54, 1.807) is 29.6 Å². The van der Waals surface area contributed by atoms with Gasteiger partial charge in [-0.25, -0.2) is 8.42 Å². The minimum absolute atomic E-state index is 0.329. The van der Waals surface area contributed by atoms with E-state index >= 15 is 0 Å². The van der Waals surface area contributed by atoms with Crippen molar-refractivity contribution in [2.24, 2.45) is 0 Å². The normalized spacial score (nSPS) is 11.9. The third kappa shape index (κ3) is 4.43. The minimum atomic E-state index is -3.44. The minimum Gasteiger partial charge on any atom is -0.496 e. The van der Waals surface area contributed by atoms with Gasteiger partial charge in [-0.1, -0.05) is 13.8 Å². The van der Waals surface area contributed by atoms with Gasteiger partial charge in [-0.2, -0.15) is 4.31 Å². The Kier molecular flexibility index (Phi) is 7.14. The van der Waals surface area contributed by atoms with Crippen LogP contribution in [0.25, 0.3) is 0 Å². The Morgan fingerprint density at radius 2 is 1.81 bits per heavy atom. The van der Waals surface area contributed by atoms with Crippen molar-refractivity contribution in [2.75, 3.05) is 27.2 Å². The van der Waals surface area contributed by atoms with Crippen LogP contribution in [-0.4, -0.2) is 40.0 Å². The van der Waals surface area contributed by atoms with Crippen molar-refractivity contribution in [3.05, 3.63) is 23.8 Å². The Balaban J connectivity index is 3.20. The fraction of sp³-hybridized carbons (Fsp3) is 0.600. The van der Waals surface area contributed by atoms with E-state index in [9.17, 15) is 8.42 Å². The number of nitrogens with one attached hydrogen (secondary N) is 1. The zero-order chi connectivity index (χ0) is 15.9. The van der Waals surface area contributed by atoms with E-state index < -0.39 is 10.0 Å². The van der Waals surface area contributed by atoms with Crippen LogP contribution in [0.3, 0.4) is 0 Å². The molecular weight excluding hydrogens is 288 g/mol. The summed E-state index contributed by atoms with van der Waals surface area (Å²) in [7, 11) is -0.0342. The molecule has 1 N–H and O–H groups in total. The topological polar surface area (TPSA) is 58.6 Å². The molecule has 6 heteroatoms. The summed E-state index contributed by atoms with van der Waals surface area (Å²) in [6, 6.07) is 5.03. The van der Waals surface area contributed by atoms with E-state index in [4.69, 9.17) is 4.74 Å². The second kappa shape index (κ2) is 8.36. The Labute approximate surface area is 128 Å². The van der Waals surface area contributed by atoms with Crippen LogP contribution in [0.1, 0.15) is 32.3 Å². The van der Waals surface area contributed by atoms with Gasteiger partial charge in [0.2, 0.25) is 10.0 Å². The average Bonchev–Trinajstić information content (AvgIpc) is 2.47. The lowest BCUT2D eigenvalue weighted by molar-refractivity contribution is 0.405. The van der Waals surface area contributed by atoms with E-state index in [1.807, 2.05) is 20.9 Å². The molecule has 0 spiro atoms. The van der Waals surface area contributed by atoms with Crippen molar-refractivity contribution in [1.29, 1.82) is 0 Å². The van der Waals surface area contributed by atoms with Gasteiger partial charge in [0.25, 0.3) is 0 Å². The van der Waals surface area contributed by atoms with Crippen LogP contribution < -0.4 is 10.1 Å². The van der Waals surface area contributed by atoms with Crippen LogP contribution in [0.4, 0.5) is 0 Å². The molecule has 0 aliphatic rings. The molecule has 1 aromatic rings. The fourth-order valence-corrected chi connectivity index (χ4v) is 3.92. The third-order valence-electron chi connectivity index (χ3n) is 3.20. The van der Waals surface area contributed by atoms with E-state index in [0.717, 1.165) is 18.4 Å². The van der Waals surface area contributed by atoms with Crippen molar-refractivity contribution < 1.29 is 13.2 Å². The number of sulfonamides is 1. The Morgan fingerprint density at radius 3 is 2.29 bits per heavy atom. The number of methoxy groups -OCH3 is 1. The number of benzene rings is 1. The van der Waals surface area contributed by atoms with Gasteiger partial charge in [-0.15, -0.1) is 0 Å². The van der Waals surface area contributed by atoms with Gasteiger partial charge < -0.3 is 10.1 Å². The quantitative estimate of drug-likeness (QED) is 0.759. The summed E-state index contributed by atoms with van der Waals surface area (Å²) in [4.78, 5) is 0.329. The lowest BCUT2D eigenvalue weighted by Gasteiger charge is -2.21. The Morgan fingerprint density at radius 1 is 1.19 bits per heavy atom. The first kappa shape index (κ1) is 17.9. The predicted octanol–water partition coefficient (Wildman–Crippen LogP) is 2.23. The average molecular weight is 314 g/mol. The standard InChI is InChI=1S/C15H26N2O3S/c1-5-9-17(10-6-2)21(18,19)14-7-8-15(20-4)13(11-14)12-16-3/h7-8,11,16H,5-6,9-10,12H2,1-4H3. The molecule has 0 amide bonds. The molecule has 0 bridgehead atoms. The van der Waals surface area contributed by atoms with Crippen LogP contribution in [0, 0.1) is 0 Å². The van der Waals surface area contributed by atoms with Crippen molar-refractivity contribution in [1.82, 2.24) is 9.62 Å². The highest BCUT2D eigenvalue weighted by Gasteiger charge is 2.23. The smallest absolute Gasteiger partial charge is 0.243 e. The van der Waals surface area contributed by atoms with E-state index in [2.05, 4.69) is 5.32 Å². The van der Waals surface area contributed by atoms with Gasteiger partial charge in [0.1, 0.15) is 5.75 Å². The van der Waals surface area contributed by atoms with Gasteiger partial charge in [-0.05, 0) is 38.1 Å². The molecule has 5 nitrogen and oxygen atoms in total. The summed E-state index contributed by atoms with van der Waals surface area (Å²) in [5, 5.41) is 3.03. The number of nitrogens with zero attached hydrogens (tertiary/aromatic N) is 1. The molecule has 0 aromatic heterocycles. The van der Waals surface area contributed by atoms with Crippen molar-refractivity contribution in [3.8, 4) is 5.75 Å². The molecule has 0 aliphatic carbocycles. The van der Waals surface area contributed by atoms with Crippen molar-refractivity contribution in [2.45, 2.75) is 38.1 Å². The van der Waals surface area contributed by atoms with Crippen LogP contribution >= 0.6 is 0 Å². The molecule has 0 atom stereocenters. The van der Waals surface area contributed by atoms with Gasteiger partial charge in [0.05, 0.1) is 12.0 Å². The van der Waals surface area contributed by atoms with Gasteiger partial charge in [-0.3, -0.25) is 0 Å². The summed E-state index contributed by atoms with van der Waals surface area (Å²) >= 11 is 0. The van der Waals surface area contributed by atoms with Crippen molar-refractivity contribution in [3.63, 3.8) is 0 Å².